The second-order valence-corrected chi connectivity index (χ2v) is 4.21. The molecule has 0 aliphatic carbocycles. The van der Waals surface area contributed by atoms with Gasteiger partial charge in [0.05, 0.1) is 18.8 Å². The van der Waals surface area contributed by atoms with E-state index in [0.717, 1.165) is 26.3 Å². The smallest absolute Gasteiger partial charge is 0.105 e. The quantitative estimate of drug-likeness (QED) is 0.633. The molecule has 1 rings (SSSR count). The maximum Gasteiger partial charge on any atom is 0.105 e. The van der Waals surface area contributed by atoms with Gasteiger partial charge in [-0.05, 0) is 26.8 Å². The van der Waals surface area contributed by atoms with Crippen molar-refractivity contribution in [1.82, 2.24) is 5.32 Å². The van der Waals surface area contributed by atoms with Gasteiger partial charge in [0, 0.05) is 6.54 Å². The monoisotopic (exact) mass is 187 g/mol. The lowest BCUT2D eigenvalue weighted by atomic mass is 10.1. The molecule has 1 N–H and O–H groups in total. The largest absolute Gasteiger partial charge is 0.376 e. The first-order valence-electron chi connectivity index (χ1n) is 5.10. The Bertz CT molecular complexity index is 144. The molecule has 13 heavy (non-hydrogen) atoms. The van der Waals surface area contributed by atoms with Crippen molar-refractivity contribution >= 4 is 0 Å². The molecule has 3 nitrogen and oxygen atoms in total. The highest BCUT2D eigenvalue weighted by molar-refractivity contribution is 4.77. The molecule has 0 atom stereocenters. The van der Waals surface area contributed by atoms with Gasteiger partial charge in [0.25, 0.3) is 0 Å². The minimum Gasteiger partial charge on any atom is -0.376 e. The first kappa shape index (κ1) is 11.0. The predicted molar refractivity (Wildman–Crippen MR) is 52.9 cm³/mol. The Labute approximate surface area is 80.8 Å². The summed E-state index contributed by atoms with van der Waals surface area (Å²) in [6, 6.07) is 0. The van der Waals surface area contributed by atoms with Crippen LogP contribution < -0.4 is 5.32 Å². The van der Waals surface area contributed by atoms with E-state index in [2.05, 4.69) is 26.1 Å². The lowest BCUT2D eigenvalue weighted by molar-refractivity contribution is -0.180. The van der Waals surface area contributed by atoms with Crippen molar-refractivity contribution in [3.05, 3.63) is 0 Å². The zero-order valence-corrected chi connectivity index (χ0v) is 8.93. The van der Waals surface area contributed by atoms with Crippen LogP contribution in [0.3, 0.4) is 0 Å². The van der Waals surface area contributed by atoms with Gasteiger partial charge in [-0.25, -0.2) is 0 Å². The van der Waals surface area contributed by atoms with E-state index in [9.17, 15) is 0 Å². The molecule has 1 fully saturated rings. The maximum atomic E-state index is 5.83. The minimum absolute atomic E-state index is 0.0659. The van der Waals surface area contributed by atoms with Gasteiger partial charge in [-0.2, -0.15) is 0 Å². The first-order chi connectivity index (χ1) is 6.14. The fraction of sp³-hybridized carbons (Fsp3) is 1.00. The molecule has 0 aromatic heterocycles. The lowest BCUT2D eigenvalue weighted by Crippen LogP contribution is -2.47. The molecule has 0 bridgehead atoms. The van der Waals surface area contributed by atoms with Crippen molar-refractivity contribution in [2.45, 2.75) is 38.9 Å². The van der Waals surface area contributed by atoms with E-state index >= 15 is 0 Å². The zero-order valence-electron chi connectivity index (χ0n) is 8.93. The summed E-state index contributed by atoms with van der Waals surface area (Å²) < 4.78 is 10.9. The van der Waals surface area contributed by atoms with E-state index in [1.54, 1.807) is 0 Å². The highest BCUT2D eigenvalue weighted by Gasteiger charge is 2.27. The van der Waals surface area contributed by atoms with E-state index in [-0.39, 0.29) is 5.60 Å². The van der Waals surface area contributed by atoms with Crippen LogP contribution in [0.25, 0.3) is 0 Å². The summed E-state index contributed by atoms with van der Waals surface area (Å²) in [5.74, 6) is 0. The van der Waals surface area contributed by atoms with E-state index in [1.165, 1.54) is 6.42 Å². The van der Waals surface area contributed by atoms with Gasteiger partial charge in [0.2, 0.25) is 0 Å². The highest BCUT2D eigenvalue weighted by atomic mass is 16.6. The maximum absolute atomic E-state index is 5.83. The summed E-state index contributed by atoms with van der Waals surface area (Å²) in [5.41, 5.74) is -0.0659. The van der Waals surface area contributed by atoms with Gasteiger partial charge in [-0.15, -0.1) is 0 Å². The highest BCUT2D eigenvalue weighted by Crippen LogP contribution is 2.16. The fourth-order valence-electron chi connectivity index (χ4n) is 1.34. The van der Waals surface area contributed by atoms with E-state index in [1.807, 2.05) is 0 Å². The second kappa shape index (κ2) is 4.94. The summed E-state index contributed by atoms with van der Waals surface area (Å²) in [5, 5.41) is 3.36. The lowest BCUT2D eigenvalue weighted by Gasteiger charge is -2.35. The molecule has 0 saturated carbocycles. The van der Waals surface area contributed by atoms with Crippen molar-refractivity contribution in [3.63, 3.8) is 0 Å². The number of nitrogens with one attached hydrogen (secondary N) is 1. The number of ether oxygens (including phenoxy) is 2. The Balaban J connectivity index is 2.11. The molecule has 1 saturated heterocycles. The minimum atomic E-state index is -0.0659. The molecular formula is C10H21NO2. The standard InChI is InChI=1S/C10H21NO2/c1-4-5-11-8-10(2,3)13-9-6-12-7-9/h9,11H,4-8H2,1-3H3. The van der Waals surface area contributed by atoms with E-state index < -0.39 is 0 Å². The molecular weight excluding hydrogens is 166 g/mol. The molecule has 0 unspecified atom stereocenters. The van der Waals surface area contributed by atoms with E-state index in [0.29, 0.717) is 6.10 Å². The van der Waals surface area contributed by atoms with E-state index in [4.69, 9.17) is 9.47 Å². The Hall–Kier alpha value is -0.120. The Morgan fingerprint density at radius 3 is 2.62 bits per heavy atom. The van der Waals surface area contributed by atoms with Gasteiger partial charge in [0.1, 0.15) is 6.10 Å². The van der Waals surface area contributed by atoms with Gasteiger partial charge in [-0.1, -0.05) is 6.92 Å². The molecule has 0 radical (unpaired) electrons. The number of hydrogen-bond donors (Lipinski definition) is 1. The Morgan fingerprint density at radius 1 is 1.46 bits per heavy atom. The average molecular weight is 187 g/mol. The number of hydrogen-bond acceptors (Lipinski definition) is 3. The molecule has 1 aliphatic heterocycles. The van der Waals surface area contributed by atoms with Crippen LogP contribution in [-0.2, 0) is 9.47 Å². The average Bonchev–Trinajstić information content (AvgIpc) is 1.98. The van der Waals surface area contributed by atoms with Crippen LogP contribution in [0.2, 0.25) is 0 Å². The summed E-state index contributed by atoms with van der Waals surface area (Å²) in [7, 11) is 0. The molecule has 0 aromatic carbocycles. The molecule has 3 heteroatoms. The topological polar surface area (TPSA) is 30.5 Å². The van der Waals surface area contributed by atoms with Crippen molar-refractivity contribution in [1.29, 1.82) is 0 Å². The number of rotatable bonds is 6. The zero-order chi connectivity index (χ0) is 9.73. The normalized spacial score (nSPS) is 18.7. The molecule has 0 aromatic rings. The summed E-state index contributed by atoms with van der Waals surface area (Å²) >= 11 is 0. The summed E-state index contributed by atoms with van der Waals surface area (Å²) in [4.78, 5) is 0. The van der Waals surface area contributed by atoms with Gasteiger partial charge >= 0.3 is 0 Å². The molecule has 1 heterocycles. The third kappa shape index (κ3) is 4.07. The molecule has 1 aliphatic rings. The van der Waals surface area contributed by atoms with Crippen LogP contribution in [0.15, 0.2) is 0 Å². The van der Waals surface area contributed by atoms with Gasteiger partial charge in [-0.3, -0.25) is 0 Å². The van der Waals surface area contributed by atoms with Crippen LogP contribution in [-0.4, -0.2) is 38.0 Å². The predicted octanol–water partition coefficient (Wildman–Crippen LogP) is 1.18. The van der Waals surface area contributed by atoms with Crippen LogP contribution in [0.1, 0.15) is 27.2 Å². The second-order valence-electron chi connectivity index (χ2n) is 4.21. The third-order valence-corrected chi connectivity index (χ3v) is 2.07. The Kier molecular flexibility index (Phi) is 4.16. The molecule has 78 valence electrons. The van der Waals surface area contributed by atoms with Crippen molar-refractivity contribution in [3.8, 4) is 0 Å². The molecule has 0 spiro atoms. The van der Waals surface area contributed by atoms with Crippen molar-refractivity contribution < 1.29 is 9.47 Å². The Morgan fingerprint density at radius 2 is 2.15 bits per heavy atom. The first-order valence-corrected chi connectivity index (χ1v) is 5.10. The van der Waals surface area contributed by atoms with Gasteiger partial charge < -0.3 is 14.8 Å². The van der Waals surface area contributed by atoms with Gasteiger partial charge in [0.15, 0.2) is 0 Å². The SMILES string of the molecule is CCCNCC(C)(C)OC1COC1. The summed E-state index contributed by atoms with van der Waals surface area (Å²) in [6.07, 6.45) is 1.49. The fourth-order valence-corrected chi connectivity index (χ4v) is 1.34. The van der Waals surface area contributed by atoms with Crippen molar-refractivity contribution in [2.24, 2.45) is 0 Å². The van der Waals surface area contributed by atoms with Crippen LogP contribution in [0.5, 0.6) is 0 Å². The van der Waals surface area contributed by atoms with Crippen molar-refractivity contribution in [2.75, 3.05) is 26.3 Å². The van der Waals surface area contributed by atoms with Crippen LogP contribution in [0, 0.1) is 0 Å². The van der Waals surface area contributed by atoms with Crippen LogP contribution >= 0.6 is 0 Å². The summed E-state index contributed by atoms with van der Waals surface area (Å²) in [6.45, 7) is 9.91. The molecule has 0 amide bonds. The third-order valence-electron chi connectivity index (χ3n) is 2.07. The van der Waals surface area contributed by atoms with Crippen LogP contribution in [0.4, 0.5) is 0 Å².